The summed E-state index contributed by atoms with van der Waals surface area (Å²) in [7, 11) is 0. The van der Waals surface area contributed by atoms with Gasteiger partial charge in [-0.3, -0.25) is 20.4 Å². The van der Waals surface area contributed by atoms with Crippen LogP contribution in [0.15, 0.2) is 58.3 Å². The Labute approximate surface area is 165 Å². The van der Waals surface area contributed by atoms with Gasteiger partial charge in [0.2, 0.25) is 0 Å². The normalized spacial score (nSPS) is 10.8. The van der Waals surface area contributed by atoms with E-state index in [9.17, 15) is 9.59 Å². The highest BCUT2D eigenvalue weighted by Crippen LogP contribution is 2.25. The molecule has 0 aliphatic carbocycles. The van der Waals surface area contributed by atoms with Crippen molar-refractivity contribution >= 4 is 34.1 Å². The standard InChI is InChI=1S/C21H17N3O3S/c1-12-7-9-14(10-8-12)21-22-16(11-28-21)19(25)23-24-20(26)18-13(2)15-5-3-4-6-17(15)27-18/h3-11H,1-2H3,(H,23,25)(H,24,26). The third kappa shape index (κ3) is 3.39. The third-order valence-electron chi connectivity index (χ3n) is 4.37. The lowest BCUT2D eigenvalue weighted by Crippen LogP contribution is -2.41. The van der Waals surface area contributed by atoms with E-state index < -0.39 is 11.8 Å². The van der Waals surface area contributed by atoms with E-state index in [1.165, 1.54) is 11.3 Å². The van der Waals surface area contributed by atoms with Crippen LogP contribution in [0.2, 0.25) is 0 Å². The van der Waals surface area contributed by atoms with E-state index in [1.54, 1.807) is 18.4 Å². The van der Waals surface area contributed by atoms with Crippen LogP contribution in [-0.2, 0) is 0 Å². The molecule has 0 aliphatic rings. The van der Waals surface area contributed by atoms with Gasteiger partial charge in [0.15, 0.2) is 5.76 Å². The molecule has 4 aromatic rings. The molecule has 0 bridgehead atoms. The maximum Gasteiger partial charge on any atom is 0.305 e. The second kappa shape index (κ2) is 7.28. The number of rotatable bonds is 3. The molecule has 0 spiro atoms. The van der Waals surface area contributed by atoms with E-state index in [1.807, 2.05) is 49.4 Å². The molecular formula is C21H17N3O3S. The van der Waals surface area contributed by atoms with Crippen molar-refractivity contribution in [3.8, 4) is 10.6 Å². The number of hydrazine groups is 1. The second-order valence-corrected chi connectivity index (χ2v) is 7.22. The van der Waals surface area contributed by atoms with Crippen LogP contribution in [0, 0.1) is 13.8 Å². The summed E-state index contributed by atoms with van der Waals surface area (Å²) in [5.41, 5.74) is 8.45. The predicted octanol–water partition coefficient (Wildman–Crippen LogP) is 4.25. The van der Waals surface area contributed by atoms with E-state index in [0.717, 1.165) is 27.1 Å². The van der Waals surface area contributed by atoms with Crippen molar-refractivity contribution in [2.75, 3.05) is 0 Å². The predicted molar refractivity (Wildman–Crippen MR) is 108 cm³/mol. The Bertz CT molecular complexity index is 1180. The second-order valence-electron chi connectivity index (χ2n) is 6.36. The molecule has 28 heavy (non-hydrogen) atoms. The zero-order chi connectivity index (χ0) is 19.7. The molecule has 4 rings (SSSR count). The fourth-order valence-corrected chi connectivity index (χ4v) is 3.64. The zero-order valence-corrected chi connectivity index (χ0v) is 16.1. The quantitative estimate of drug-likeness (QED) is 0.512. The minimum Gasteiger partial charge on any atom is -0.451 e. The van der Waals surface area contributed by atoms with Crippen LogP contribution in [0.4, 0.5) is 0 Å². The summed E-state index contributed by atoms with van der Waals surface area (Å²) in [4.78, 5) is 29.1. The topological polar surface area (TPSA) is 84.2 Å². The first kappa shape index (κ1) is 17.9. The average Bonchev–Trinajstić information content (AvgIpc) is 3.32. The molecule has 140 valence electrons. The number of aryl methyl sites for hydroxylation is 2. The van der Waals surface area contributed by atoms with Crippen molar-refractivity contribution in [1.29, 1.82) is 0 Å². The van der Waals surface area contributed by atoms with Gasteiger partial charge in [-0.1, -0.05) is 48.0 Å². The Hall–Kier alpha value is -3.45. The molecule has 7 heteroatoms. The summed E-state index contributed by atoms with van der Waals surface area (Å²) in [6.07, 6.45) is 0. The van der Waals surface area contributed by atoms with E-state index in [-0.39, 0.29) is 11.5 Å². The van der Waals surface area contributed by atoms with Gasteiger partial charge in [-0.2, -0.15) is 0 Å². The number of benzene rings is 2. The van der Waals surface area contributed by atoms with Crippen LogP contribution in [0.3, 0.4) is 0 Å². The number of aromatic nitrogens is 1. The highest BCUT2D eigenvalue weighted by atomic mass is 32.1. The lowest BCUT2D eigenvalue weighted by molar-refractivity contribution is 0.0829. The molecule has 0 unspecified atom stereocenters. The Morgan fingerprint density at radius 3 is 2.43 bits per heavy atom. The number of thiazole rings is 1. The van der Waals surface area contributed by atoms with Crippen LogP contribution in [0.25, 0.3) is 21.5 Å². The minimum atomic E-state index is -0.518. The number of carbonyl (C=O) groups is 2. The Morgan fingerprint density at radius 2 is 1.68 bits per heavy atom. The first-order valence-electron chi connectivity index (χ1n) is 8.64. The van der Waals surface area contributed by atoms with Gasteiger partial charge in [0.1, 0.15) is 16.3 Å². The molecule has 6 nitrogen and oxygen atoms in total. The number of carbonyl (C=O) groups excluding carboxylic acids is 2. The highest BCUT2D eigenvalue weighted by Gasteiger charge is 2.19. The monoisotopic (exact) mass is 391 g/mol. The van der Waals surface area contributed by atoms with E-state index in [0.29, 0.717) is 5.58 Å². The summed E-state index contributed by atoms with van der Waals surface area (Å²) >= 11 is 1.37. The van der Waals surface area contributed by atoms with Gasteiger partial charge in [0, 0.05) is 21.9 Å². The van der Waals surface area contributed by atoms with Gasteiger partial charge in [-0.15, -0.1) is 11.3 Å². The van der Waals surface area contributed by atoms with Crippen LogP contribution in [0.1, 0.15) is 32.2 Å². The van der Waals surface area contributed by atoms with Crippen LogP contribution >= 0.6 is 11.3 Å². The van der Waals surface area contributed by atoms with Crippen molar-refractivity contribution in [2.45, 2.75) is 13.8 Å². The van der Waals surface area contributed by atoms with Gasteiger partial charge in [-0.05, 0) is 19.9 Å². The SMILES string of the molecule is Cc1ccc(-c2nc(C(=O)NNC(=O)c3oc4ccccc4c3C)cs2)cc1. The van der Waals surface area contributed by atoms with E-state index in [2.05, 4.69) is 15.8 Å². The molecule has 0 atom stereocenters. The van der Waals surface area contributed by atoms with Crippen LogP contribution in [-0.4, -0.2) is 16.8 Å². The van der Waals surface area contributed by atoms with E-state index >= 15 is 0 Å². The average molecular weight is 391 g/mol. The first-order valence-corrected chi connectivity index (χ1v) is 9.52. The number of furan rings is 1. The van der Waals surface area contributed by atoms with Crippen molar-refractivity contribution in [1.82, 2.24) is 15.8 Å². The molecule has 0 aliphatic heterocycles. The van der Waals surface area contributed by atoms with Gasteiger partial charge in [0.05, 0.1) is 0 Å². The lowest BCUT2D eigenvalue weighted by atomic mass is 10.1. The molecule has 0 radical (unpaired) electrons. The number of amides is 2. The molecule has 2 amide bonds. The molecule has 2 aromatic carbocycles. The Balaban J connectivity index is 1.44. The summed E-state index contributed by atoms with van der Waals surface area (Å²) < 4.78 is 5.59. The molecular weight excluding hydrogens is 374 g/mol. The number of hydrogen-bond donors (Lipinski definition) is 2. The molecule has 2 N–H and O–H groups in total. The number of nitrogens with zero attached hydrogens (tertiary/aromatic N) is 1. The third-order valence-corrected chi connectivity index (χ3v) is 5.27. The maximum absolute atomic E-state index is 12.4. The molecule has 2 heterocycles. The highest BCUT2D eigenvalue weighted by molar-refractivity contribution is 7.13. The summed E-state index contributed by atoms with van der Waals surface area (Å²) in [6.45, 7) is 3.81. The van der Waals surface area contributed by atoms with Crippen molar-refractivity contribution in [3.05, 3.63) is 76.5 Å². The number of hydrogen-bond acceptors (Lipinski definition) is 5. The number of para-hydroxylation sites is 1. The largest absolute Gasteiger partial charge is 0.451 e. The summed E-state index contributed by atoms with van der Waals surface area (Å²) in [5, 5.41) is 3.26. The molecule has 0 fully saturated rings. The van der Waals surface area contributed by atoms with Crippen LogP contribution in [0.5, 0.6) is 0 Å². The summed E-state index contributed by atoms with van der Waals surface area (Å²) in [6, 6.07) is 15.3. The molecule has 0 saturated heterocycles. The Morgan fingerprint density at radius 1 is 0.964 bits per heavy atom. The van der Waals surface area contributed by atoms with Crippen LogP contribution < -0.4 is 10.9 Å². The Kier molecular flexibility index (Phi) is 4.67. The van der Waals surface area contributed by atoms with E-state index in [4.69, 9.17) is 4.42 Å². The number of nitrogens with one attached hydrogen (secondary N) is 2. The minimum absolute atomic E-state index is 0.167. The van der Waals surface area contributed by atoms with Gasteiger partial charge in [-0.25, -0.2) is 4.98 Å². The smallest absolute Gasteiger partial charge is 0.305 e. The first-order chi connectivity index (χ1) is 13.5. The molecule has 0 saturated carbocycles. The fourth-order valence-electron chi connectivity index (χ4n) is 2.83. The van der Waals surface area contributed by atoms with Gasteiger partial charge in [0.25, 0.3) is 5.91 Å². The zero-order valence-electron chi connectivity index (χ0n) is 15.3. The summed E-state index contributed by atoms with van der Waals surface area (Å²) in [5.74, 6) is -0.840. The maximum atomic E-state index is 12.4. The fraction of sp³-hybridized carbons (Fsp3) is 0.0952. The molecule has 2 aromatic heterocycles. The van der Waals surface area contributed by atoms with Gasteiger partial charge < -0.3 is 4.42 Å². The lowest BCUT2D eigenvalue weighted by Gasteiger charge is -2.04. The van der Waals surface area contributed by atoms with Crippen molar-refractivity contribution in [3.63, 3.8) is 0 Å². The van der Waals surface area contributed by atoms with Gasteiger partial charge >= 0.3 is 5.91 Å². The van der Waals surface area contributed by atoms with Crippen molar-refractivity contribution < 1.29 is 14.0 Å². The number of fused-ring (bicyclic) bond motifs is 1. The van der Waals surface area contributed by atoms with Crippen molar-refractivity contribution in [2.24, 2.45) is 0 Å².